The van der Waals surface area contributed by atoms with Gasteiger partial charge in [-0.2, -0.15) is 0 Å². The van der Waals surface area contributed by atoms with Crippen LogP contribution in [-0.2, 0) is 9.53 Å². The highest BCUT2D eigenvalue weighted by atomic mass is 32.1. The number of nitrogens with zero attached hydrogens (tertiary/aromatic N) is 2. The summed E-state index contributed by atoms with van der Waals surface area (Å²) in [4.78, 5) is 32.7. The second-order valence-electron chi connectivity index (χ2n) is 7.55. The number of benzene rings is 2. The molecule has 0 spiro atoms. The summed E-state index contributed by atoms with van der Waals surface area (Å²) in [5, 5.41) is 4.12. The van der Waals surface area contributed by atoms with Gasteiger partial charge in [0, 0.05) is 4.88 Å². The molecule has 0 fully saturated rings. The molecule has 2 aromatic carbocycles. The smallest absolute Gasteiger partial charge is 0.338 e. The van der Waals surface area contributed by atoms with Gasteiger partial charge in [-0.15, -0.1) is 11.3 Å². The summed E-state index contributed by atoms with van der Waals surface area (Å²) in [5.41, 5.74) is 1.72. The summed E-state index contributed by atoms with van der Waals surface area (Å²) < 4.78 is 7.53. The van der Waals surface area contributed by atoms with Gasteiger partial charge in [0.25, 0.3) is 5.56 Å². The molecule has 7 heteroatoms. The Kier molecular flexibility index (Phi) is 5.66. The van der Waals surface area contributed by atoms with Gasteiger partial charge in [-0.1, -0.05) is 72.5 Å². The lowest BCUT2D eigenvalue weighted by Gasteiger charge is -2.23. The minimum absolute atomic E-state index is 0.0955. The van der Waals surface area contributed by atoms with Crippen molar-refractivity contribution < 1.29 is 9.53 Å². The fourth-order valence-corrected chi connectivity index (χ4v) is 5.89. The Labute approximate surface area is 197 Å². The standard InChI is InChI=1S/C26H20N2O3S2/c1-3-13-31-25(30)22-16(2)27-26-28(23(22)20-12-7-14-32-20)24(29)21(33-26)15-18-10-6-9-17-8-4-5-11-19(17)18/h3-12,14-15,23H,1,13H2,2H3/b21-15-. The van der Waals surface area contributed by atoms with E-state index in [1.54, 1.807) is 11.5 Å². The predicted molar refractivity (Wildman–Crippen MR) is 133 cm³/mol. The van der Waals surface area contributed by atoms with E-state index < -0.39 is 12.0 Å². The number of carbonyl (C=O) groups excluding carboxylic acids is 1. The zero-order valence-corrected chi connectivity index (χ0v) is 19.5. The molecule has 33 heavy (non-hydrogen) atoms. The Morgan fingerprint density at radius 2 is 2.00 bits per heavy atom. The van der Waals surface area contributed by atoms with Gasteiger partial charge >= 0.3 is 5.97 Å². The van der Waals surface area contributed by atoms with Crippen LogP contribution in [0.2, 0.25) is 0 Å². The first-order valence-electron chi connectivity index (χ1n) is 10.4. The molecular formula is C26H20N2O3S2. The molecule has 164 valence electrons. The van der Waals surface area contributed by atoms with Gasteiger partial charge in [0.2, 0.25) is 0 Å². The maximum Gasteiger partial charge on any atom is 0.338 e. The second-order valence-corrected chi connectivity index (χ2v) is 9.54. The van der Waals surface area contributed by atoms with Crippen LogP contribution in [0.4, 0.5) is 0 Å². The Morgan fingerprint density at radius 3 is 2.79 bits per heavy atom. The molecule has 0 saturated heterocycles. The fraction of sp³-hybridized carbons (Fsp3) is 0.115. The van der Waals surface area contributed by atoms with E-state index in [4.69, 9.17) is 4.74 Å². The first kappa shape index (κ1) is 21.3. The lowest BCUT2D eigenvalue weighted by Crippen LogP contribution is -2.39. The average molecular weight is 473 g/mol. The van der Waals surface area contributed by atoms with Crippen molar-refractivity contribution in [3.8, 4) is 0 Å². The van der Waals surface area contributed by atoms with E-state index in [-0.39, 0.29) is 12.2 Å². The molecular weight excluding hydrogens is 452 g/mol. The zero-order valence-electron chi connectivity index (χ0n) is 17.9. The van der Waals surface area contributed by atoms with Crippen molar-refractivity contribution >= 4 is 45.5 Å². The zero-order chi connectivity index (χ0) is 22.9. The van der Waals surface area contributed by atoms with Gasteiger partial charge in [-0.25, -0.2) is 9.79 Å². The molecule has 2 aromatic heterocycles. The van der Waals surface area contributed by atoms with Gasteiger partial charge in [-0.05, 0) is 40.8 Å². The number of rotatable bonds is 5. The second kappa shape index (κ2) is 8.77. The monoisotopic (exact) mass is 472 g/mol. The van der Waals surface area contributed by atoms with Crippen molar-refractivity contribution in [1.82, 2.24) is 4.57 Å². The largest absolute Gasteiger partial charge is 0.458 e. The molecule has 0 N–H and O–H groups in total. The van der Waals surface area contributed by atoms with Crippen LogP contribution in [0.1, 0.15) is 23.4 Å². The third-order valence-electron chi connectivity index (χ3n) is 5.50. The minimum Gasteiger partial charge on any atom is -0.458 e. The molecule has 1 atom stereocenters. The molecule has 5 rings (SSSR count). The van der Waals surface area contributed by atoms with Crippen LogP contribution in [0.3, 0.4) is 0 Å². The Balaban J connectivity index is 1.72. The Hall–Kier alpha value is -3.55. The van der Waals surface area contributed by atoms with Gasteiger partial charge in [0.1, 0.15) is 12.6 Å². The number of fused-ring (bicyclic) bond motifs is 2. The van der Waals surface area contributed by atoms with Crippen LogP contribution >= 0.6 is 22.7 Å². The fourth-order valence-electron chi connectivity index (χ4n) is 4.03. The highest BCUT2D eigenvalue weighted by Gasteiger charge is 2.33. The van der Waals surface area contributed by atoms with E-state index in [2.05, 4.69) is 23.7 Å². The van der Waals surface area contributed by atoms with Crippen LogP contribution in [0.5, 0.6) is 0 Å². The van der Waals surface area contributed by atoms with E-state index >= 15 is 0 Å². The van der Waals surface area contributed by atoms with Crippen molar-refractivity contribution in [2.24, 2.45) is 4.99 Å². The lowest BCUT2D eigenvalue weighted by atomic mass is 10.0. The van der Waals surface area contributed by atoms with Crippen LogP contribution in [-0.4, -0.2) is 17.1 Å². The molecule has 0 aliphatic carbocycles. The van der Waals surface area contributed by atoms with Crippen LogP contribution in [0.15, 0.2) is 93.7 Å². The van der Waals surface area contributed by atoms with Gasteiger partial charge in [0.15, 0.2) is 4.80 Å². The number of hydrogen-bond acceptors (Lipinski definition) is 6. The molecule has 0 radical (unpaired) electrons. The molecule has 1 unspecified atom stereocenters. The minimum atomic E-state index is -0.576. The maximum atomic E-state index is 13.6. The summed E-state index contributed by atoms with van der Waals surface area (Å²) in [6, 6.07) is 17.4. The molecule has 5 nitrogen and oxygen atoms in total. The van der Waals surface area contributed by atoms with E-state index in [0.29, 0.717) is 20.6 Å². The third-order valence-corrected chi connectivity index (χ3v) is 7.40. The number of esters is 1. The first-order chi connectivity index (χ1) is 16.1. The SMILES string of the molecule is C=CCOC(=O)C1=C(C)N=c2s/c(=C\c3cccc4ccccc34)c(=O)n2C1c1cccs1. The van der Waals surface area contributed by atoms with Gasteiger partial charge in [0.05, 0.1) is 15.8 Å². The molecule has 4 aromatic rings. The number of thiophene rings is 1. The number of allylic oxidation sites excluding steroid dienone is 1. The molecule has 0 bridgehead atoms. The van der Waals surface area contributed by atoms with Crippen molar-refractivity contribution in [2.45, 2.75) is 13.0 Å². The van der Waals surface area contributed by atoms with E-state index in [0.717, 1.165) is 21.2 Å². The highest BCUT2D eigenvalue weighted by Crippen LogP contribution is 2.33. The van der Waals surface area contributed by atoms with Gasteiger partial charge in [-0.3, -0.25) is 9.36 Å². The van der Waals surface area contributed by atoms with Crippen molar-refractivity contribution in [3.05, 3.63) is 114 Å². The third kappa shape index (κ3) is 3.79. The van der Waals surface area contributed by atoms with E-state index in [1.807, 2.05) is 53.9 Å². The van der Waals surface area contributed by atoms with Crippen molar-refractivity contribution in [1.29, 1.82) is 0 Å². The Bertz CT molecular complexity index is 1590. The van der Waals surface area contributed by atoms with Crippen LogP contribution in [0, 0.1) is 0 Å². The van der Waals surface area contributed by atoms with Gasteiger partial charge < -0.3 is 4.74 Å². The predicted octanol–water partition coefficient (Wildman–Crippen LogP) is 4.18. The Morgan fingerprint density at radius 1 is 1.18 bits per heavy atom. The summed E-state index contributed by atoms with van der Waals surface area (Å²) in [7, 11) is 0. The highest BCUT2D eigenvalue weighted by molar-refractivity contribution is 7.10. The maximum absolute atomic E-state index is 13.6. The molecule has 0 amide bonds. The molecule has 0 saturated carbocycles. The topological polar surface area (TPSA) is 60.7 Å². The number of thiazole rings is 1. The molecule has 1 aliphatic heterocycles. The van der Waals surface area contributed by atoms with Crippen molar-refractivity contribution in [2.75, 3.05) is 6.61 Å². The summed E-state index contributed by atoms with van der Waals surface area (Å²) in [6.45, 7) is 5.49. The number of ether oxygens (including phenoxy) is 1. The quantitative estimate of drug-likeness (QED) is 0.323. The molecule has 1 aliphatic rings. The lowest BCUT2D eigenvalue weighted by molar-refractivity contribution is -0.138. The summed E-state index contributed by atoms with van der Waals surface area (Å²) in [5.74, 6) is -0.488. The number of hydrogen-bond donors (Lipinski definition) is 0. The van der Waals surface area contributed by atoms with Crippen LogP contribution < -0.4 is 14.9 Å². The van der Waals surface area contributed by atoms with E-state index in [9.17, 15) is 9.59 Å². The summed E-state index contributed by atoms with van der Waals surface area (Å²) in [6.07, 6.45) is 3.43. The van der Waals surface area contributed by atoms with Crippen LogP contribution in [0.25, 0.3) is 16.8 Å². The number of carbonyl (C=O) groups is 1. The first-order valence-corrected chi connectivity index (χ1v) is 12.1. The van der Waals surface area contributed by atoms with Crippen molar-refractivity contribution in [3.63, 3.8) is 0 Å². The normalized spacial score (nSPS) is 15.9. The average Bonchev–Trinajstić information content (AvgIpc) is 3.45. The molecule has 3 heterocycles. The number of aromatic nitrogens is 1. The summed E-state index contributed by atoms with van der Waals surface area (Å²) >= 11 is 2.83. The van der Waals surface area contributed by atoms with E-state index in [1.165, 1.54) is 28.7 Å².